The van der Waals surface area contributed by atoms with Gasteiger partial charge in [0.1, 0.15) is 11.6 Å². The highest BCUT2D eigenvalue weighted by Crippen LogP contribution is 2.29. The lowest BCUT2D eigenvalue weighted by molar-refractivity contribution is 0.0703. The molecule has 1 aliphatic rings. The van der Waals surface area contributed by atoms with Gasteiger partial charge in [-0.3, -0.25) is 9.59 Å². The fourth-order valence-electron chi connectivity index (χ4n) is 3.47. The lowest BCUT2D eigenvalue weighted by atomic mass is 10.0. The van der Waals surface area contributed by atoms with E-state index in [9.17, 15) is 18.4 Å². The molecule has 1 aromatic heterocycles. The van der Waals surface area contributed by atoms with Gasteiger partial charge in [-0.05, 0) is 66.9 Å². The van der Waals surface area contributed by atoms with Crippen molar-refractivity contribution in [2.24, 2.45) is 0 Å². The van der Waals surface area contributed by atoms with E-state index in [-0.39, 0.29) is 29.5 Å². The maximum atomic E-state index is 13.1. The number of hydrogen-bond acceptors (Lipinski definition) is 3. The van der Waals surface area contributed by atoms with Crippen molar-refractivity contribution in [2.45, 2.75) is 18.9 Å². The molecule has 4 rings (SSSR count). The minimum absolute atomic E-state index is 0.0234. The van der Waals surface area contributed by atoms with Crippen molar-refractivity contribution in [2.75, 3.05) is 13.1 Å². The highest BCUT2D eigenvalue weighted by molar-refractivity contribution is 7.17. The van der Waals surface area contributed by atoms with Crippen LogP contribution >= 0.6 is 11.3 Å². The van der Waals surface area contributed by atoms with Crippen LogP contribution in [0.2, 0.25) is 0 Å². The molecule has 3 aromatic rings. The molecule has 0 unspecified atom stereocenters. The minimum Gasteiger partial charge on any atom is -0.349 e. The first-order valence-corrected chi connectivity index (χ1v) is 10.5. The van der Waals surface area contributed by atoms with E-state index in [2.05, 4.69) is 5.32 Å². The Bertz CT molecular complexity index is 1040. The molecule has 2 aromatic carbocycles. The fourth-order valence-corrected chi connectivity index (χ4v) is 4.45. The van der Waals surface area contributed by atoms with Gasteiger partial charge in [0.2, 0.25) is 0 Å². The fraction of sp³-hybridized carbons (Fsp3) is 0.217. The number of carbonyl (C=O) groups is 2. The number of nitrogens with zero attached hydrogens (tertiary/aromatic N) is 1. The Morgan fingerprint density at radius 1 is 0.867 bits per heavy atom. The summed E-state index contributed by atoms with van der Waals surface area (Å²) in [6.07, 6.45) is 1.32. The van der Waals surface area contributed by atoms with Crippen molar-refractivity contribution >= 4 is 23.2 Å². The second-order valence-electron chi connectivity index (χ2n) is 7.22. The molecule has 0 saturated carbocycles. The number of halogens is 2. The number of amides is 2. The summed E-state index contributed by atoms with van der Waals surface area (Å²) >= 11 is 1.39. The van der Waals surface area contributed by atoms with Gasteiger partial charge in [0.25, 0.3) is 11.8 Å². The Hall–Kier alpha value is -3.06. The summed E-state index contributed by atoms with van der Waals surface area (Å²) < 4.78 is 26.1. The van der Waals surface area contributed by atoms with Gasteiger partial charge in [-0.25, -0.2) is 8.78 Å². The van der Waals surface area contributed by atoms with Crippen LogP contribution in [-0.4, -0.2) is 35.8 Å². The highest BCUT2D eigenvalue weighted by atomic mass is 32.1. The second kappa shape index (κ2) is 8.75. The topological polar surface area (TPSA) is 49.4 Å². The zero-order valence-electron chi connectivity index (χ0n) is 16.1. The van der Waals surface area contributed by atoms with E-state index >= 15 is 0 Å². The van der Waals surface area contributed by atoms with Crippen molar-refractivity contribution in [3.63, 3.8) is 0 Å². The van der Waals surface area contributed by atoms with Crippen LogP contribution in [0.3, 0.4) is 0 Å². The first-order chi connectivity index (χ1) is 14.5. The molecule has 1 aliphatic heterocycles. The average Bonchev–Trinajstić information content (AvgIpc) is 3.25. The molecular weight excluding hydrogens is 406 g/mol. The summed E-state index contributed by atoms with van der Waals surface area (Å²) in [7, 11) is 0. The molecule has 2 heterocycles. The maximum absolute atomic E-state index is 13.1. The number of thiophene rings is 1. The van der Waals surface area contributed by atoms with Crippen molar-refractivity contribution in [3.8, 4) is 10.4 Å². The first kappa shape index (κ1) is 20.2. The van der Waals surface area contributed by atoms with E-state index in [0.717, 1.165) is 10.4 Å². The third kappa shape index (κ3) is 4.57. The van der Waals surface area contributed by atoms with Crippen LogP contribution in [0, 0.1) is 11.6 Å². The molecule has 1 N–H and O–H groups in total. The van der Waals surface area contributed by atoms with Crippen molar-refractivity contribution < 1.29 is 18.4 Å². The van der Waals surface area contributed by atoms with Gasteiger partial charge < -0.3 is 10.2 Å². The monoisotopic (exact) mass is 426 g/mol. The maximum Gasteiger partial charge on any atom is 0.263 e. The van der Waals surface area contributed by atoms with E-state index in [1.165, 1.54) is 47.7 Å². The number of carbonyl (C=O) groups excluding carboxylic acids is 2. The number of rotatable bonds is 4. The number of benzene rings is 2. The predicted octanol–water partition coefficient (Wildman–Crippen LogP) is 4.73. The molecule has 30 heavy (non-hydrogen) atoms. The summed E-state index contributed by atoms with van der Waals surface area (Å²) in [5.74, 6) is -0.936. The normalized spacial score (nSPS) is 14.5. The van der Waals surface area contributed by atoms with Gasteiger partial charge in [-0.1, -0.05) is 12.1 Å². The van der Waals surface area contributed by atoms with Crippen LogP contribution in [-0.2, 0) is 0 Å². The molecule has 0 radical (unpaired) electrons. The van der Waals surface area contributed by atoms with Crippen LogP contribution in [0.4, 0.5) is 8.78 Å². The molecule has 154 valence electrons. The van der Waals surface area contributed by atoms with Gasteiger partial charge in [-0.15, -0.1) is 11.3 Å². The molecule has 2 amide bonds. The van der Waals surface area contributed by atoms with Gasteiger partial charge in [0.05, 0.1) is 4.88 Å². The highest BCUT2D eigenvalue weighted by Gasteiger charge is 2.25. The third-order valence-corrected chi connectivity index (χ3v) is 6.29. The summed E-state index contributed by atoms with van der Waals surface area (Å²) in [6.45, 7) is 1.11. The Labute approximate surface area is 177 Å². The van der Waals surface area contributed by atoms with Crippen LogP contribution in [0.1, 0.15) is 32.9 Å². The summed E-state index contributed by atoms with van der Waals surface area (Å²) in [4.78, 5) is 28.5. The zero-order valence-corrected chi connectivity index (χ0v) is 16.9. The number of likely N-dealkylation sites (tertiary alicyclic amines) is 1. The molecule has 0 spiro atoms. The van der Waals surface area contributed by atoms with Crippen molar-refractivity contribution in [1.82, 2.24) is 10.2 Å². The smallest absolute Gasteiger partial charge is 0.263 e. The first-order valence-electron chi connectivity index (χ1n) is 9.71. The molecule has 0 aliphatic carbocycles. The zero-order chi connectivity index (χ0) is 21.1. The van der Waals surface area contributed by atoms with Gasteiger partial charge in [-0.2, -0.15) is 0 Å². The van der Waals surface area contributed by atoms with E-state index in [1.807, 2.05) is 6.07 Å². The van der Waals surface area contributed by atoms with Gasteiger partial charge >= 0.3 is 0 Å². The molecular formula is C23H20F2N2O2S. The summed E-state index contributed by atoms with van der Waals surface area (Å²) in [6, 6.07) is 15.3. The Balaban J connectivity index is 1.33. The molecule has 1 fully saturated rings. The lowest BCUT2D eigenvalue weighted by Gasteiger charge is -2.32. The molecule has 4 nitrogen and oxygen atoms in total. The van der Waals surface area contributed by atoms with Gasteiger partial charge in [0.15, 0.2) is 0 Å². The Kier molecular flexibility index (Phi) is 5.90. The molecule has 0 bridgehead atoms. The standard InChI is InChI=1S/C23H20F2N2O2S/c24-17-5-1-15(2-6-17)20-9-10-21(30-20)23(29)27-13-11-19(12-14-27)26-22(28)16-3-7-18(25)8-4-16/h1-10,19H,11-14H2,(H,26,28). The van der Waals surface area contributed by atoms with Crippen molar-refractivity contribution in [1.29, 1.82) is 0 Å². The van der Waals surface area contributed by atoms with Gasteiger partial charge in [0, 0.05) is 29.6 Å². The van der Waals surface area contributed by atoms with E-state index in [0.29, 0.717) is 36.4 Å². The minimum atomic E-state index is -0.380. The SMILES string of the molecule is O=C(NC1CCN(C(=O)c2ccc(-c3ccc(F)cc3)s2)CC1)c1ccc(F)cc1. The summed E-state index contributed by atoms with van der Waals surface area (Å²) in [5.41, 5.74) is 1.30. The number of hydrogen-bond donors (Lipinski definition) is 1. The lowest BCUT2D eigenvalue weighted by Crippen LogP contribution is -2.46. The number of piperidine rings is 1. The molecule has 7 heteroatoms. The van der Waals surface area contributed by atoms with E-state index < -0.39 is 0 Å². The quantitative estimate of drug-likeness (QED) is 0.656. The Morgan fingerprint density at radius 3 is 2.10 bits per heavy atom. The second-order valence-corrected chi connectivity index (χ2v) is 8.30. The molecule has 0 atom stereocenters. The third-order valence-electron chi connectivity index (χ3n) is 5.17. The van der Waals surface area contributed by atoms with Crippen LogP contribution in [0.5, 0.6) is 0 Å². The van der Waals surface area contributed by atoms with Crippen LogP contribution < -0.4 is 5.32 Å². The predicted molar refractivity (Wildman–Crippen MR) is 113 cm³/mol. The largest absolute Gasteiger partial charge is 0.349 e. The van der Waals surface area contributed by atoms with E-state index in [1.54, 1.807) is 23.1 Å². The van der Waals surface area contributed by atoms with Crippen LogP contribution in [0.15, 0.2) is 60.7 Å². The average molecular weight is 426 g/mol. The molecule has 1 saturated heterocycles. The Morgan fingerprint density at radius 2 is 1.47 bits per heavy atom. The number of nitrogens with one attached hydrogen (secondary N) is 1. The van der Waals surface area contributed by atoms with Crippen molar-refractivity contribution in [3.05, 3.63) is 82.7 Å². The summed E-state index contributed by atoms with van der Waals surface area (Å²) in [5, 5.41) is 2.96. The van der Waals surface area contributed by atoms with E-state index in [4.69, 9.17) is 0 Å². The van der Waals surface area contributed by atoms with Crippen LogP contribution in [0.25, 0.3) is 10.4 Å².